The summed E-state index contributed by atoms with van der Waals surface area (Å²) in [5.41, 5.74) is 3.03. The highest BCUT2D eigenvalue weighted by Gasteiger charge is 2.32. The molecule has 0 spiro atoms. The molecular formula is C20H15N5O5S. The van der Waals surface area contributed by atoms with Gasteiger partial charge in [0.2, 0.25) is 0 Å². The molecule has 0 aliphatic carbocycles. The third-order valence-corrected chi connectivity index (χ3v) is 5.11. The van der Waals surface area contributed by atoms with Crippen molar-refractivity contribution in [2.24, 2.45) is 10.1 Å². The number of nitro benzene ring substituents is 1. The summed E-state index contributed by atoms with van der Waals surface area (Å²) < 4.78 is 11.2. The predicted molar refractivity (Wildman–Crippen MR) is 116 cm³/mol. The molecule has 0 fully saturated rings. The van der Waals surface area contributed by atoms with Gasteiger partial charge in [-0.05, 0) is 53.2 Å². The standard InChI is InChI=1S/C20H15N5O5S/c1-29-17-9-13(8-15-18(21)24-20(23-19(15)26)31-11-22-24)4-7-16(17)30-10-12-2-5-14(6-3-12)25(27)28/h2-9,11,21H,10H2,1H3/b15-8-,21-18?. The number of rotatable bonds is 6. The molecule has 0 atom stereocenters. The smallest absolute Gasteiger partial charge is 0.283 e. The van der Waals surface area contributed by atoms with Crippen molar-refractivity contribution in [2.45, 2.75) is 6.61 Å². The van der Waals surface area contributed by atoms with E-state index in [-0.39, 0.29) is 23.7 Å². The second-order valence-electron chi connectivity index (χ2n) is 6.38. The van der Waals surface area contributed by atoms with E-state index in [1.165, 1.54) is 41.6 Å². The Kier molecular flexibility index (Phi) is 5.50. The Labute approximate surface area is 180 Å². The summed E-state index contributed by atoms with van der Waals surface area (Å²) in [6.45, 7) is 0.194. The number of nitro groups is 1. The fourth-order valence-electron chi connectivity index (χ4n) is 2.87. The molecule has 2 aliphatic rings. The van der Waals surface area contributed by atoms with Gasteiger partial charge in [-0.15, -0.1) is 0 Å². The van der Waals surface area contributed by atoms with Crippen LogP contribution in [0.1, 0.15) is 11.1 Å². The molecule has 31 heavy (non-hydrogen) atoms. The maximum Gasteiger partial charge on any atom is 0.283 e. The molecule has 10 nitrogen and oxygen atoms in total. The van der Waals surface area contributed by atoms with Gasteiger partial charge in [0.15, 0.2) is 22.5 Å². The van der Waals surface area contributed by atoms with Crippen molar-refractivity contribution in [3.05, 3.63) is 69.3 Å². The van der Waals surface area contributed by atoms with Crippen molar-refractivity contribution < 1.29 is 19.2 Å². The Hall–Kier alpha value is -3.99. The van der Waals surface area contributed by atoms with Gasteiger partial charge < -0.3 is 9.47 Å². The van der Waals surface area contributed by atoms with Crippen LogP contribution < -0.4 is 9.47 Å². The summed E-state index contributed by atoms with van der Waals surface area (Å²) in [7, 11) is 1.49. The highest BCUT2D eigenvalue weighted by molar-refractivity contribution is 8.25. The number of amidine groups is 2. The van der Waals surface area contributed by atoms with Gasteiger partial charge in [-0.1, -0.05) is 6.07 Å². The van der Waals surface area contributed by atoms with Gasteiger partial charge >= 0.3 is 0 Å². The molecule has 0 aromatic heterocycles. The number of hydrazone groups is 1. The Morgan fingerprint density at radius 3 is 2.71 bits per heavy atom. The lowest BCUT2D eigenvalue weighted by Gasteiger charge is -2.20. The molecule has 0 radical (unpaired) electrons. The van der Waals surface area contributed by atoms with Gasteiger partial charge in [-0.2, -0.15) is 15.1 Å². The van der Waals surface area contributed by atoms with Crippen molar-refractivity contribution in [3.63, 3.8) is 0 Å². The van der Waals surface area contributed by atoms with Crippen molar-refractivity contribution in [1.29, 1.82) is 5.41 Å². The Balaban J connectivity index is 1.52. The van der Waals surface area contributed by atoms with Crippen LogP contribution in [0.4, 0.5) is 5.69 Å². The zero-order valence-corrected chi connectivity index (χ0v) is 17.0. The minimum absolute atomic E-state index is 0.0104. The van der Waals surface area contributed by atoms with E-state index in [0.717, 1.165) is 5.56 Å². The van der Waals surface area contributed by atoms with Crippen molar-refractivity contribution in [3.8, 4) is 11.5 Å². The van der Waals surface area contributed by atoms with Crippen LogP contribution in [0.15, 0.2) is 58.1 Å². The molecule has 0 saturated heterocycles. The first kappa shape index (κ1) is 20.3. The molecule has 2 heterocycles. The predicted octanol–water partition coefficient (Wildman–Crippen LogP) is 3.43. The average molecular weight is 437 g/mol. The van der Waals surface area contributed by atoms with Gasteiger partial charge in [0.25, 0.3) is 11.6 Å². The number of nitrogens with one attached hydrogen (secondary N) is 1. The number of aliphatic imine (C=N–C) groups is 1. The van der Waals surface area contributed by atoms with Gasteiger partial charge in [0, 0.05) is 12.1 Å². The number of ether oxygens (including phenoxy) is 2. The molecule has 11 heteroatoms. The molecule has 2 aliphatic heterocycles. The normalized spacial score (nSPS) is 16.4. The Morgan fingerprint density at radius 1 is 1.23 bits per heavy atom. The number of hydrogen-bond acceptors (Lipinski definition) is 8. The maximum atomic E-state index is 12.3. The lowest BCUT2D eigenvalue weighted by atomic mass is 10.1. The quantitative estimate of drug-likeness (QED) is 0.416. The van der Waals surface area contributed by atoms with Gasteiger partial charge in [-0.3, -0.25) is 20.3 Å². The summed E-state index contributed by atoms with van der Waals surface area (Å²) in [5, 5.41) is 24.7. The summed E-state index contributed by atoms with van der Waals surface area (Å²) in [6.07, 6.45) is 1.55. The number of carbonyl (C=O) groups is 1. The van der Waals surface area contributed by atoms with Crippen LogP contribution in [0, 0.1) is 15.5 Å². The largest absolute Gasteiger partial charge is 0.493 e. The number of hydrogen-bond donors (Lipinski definition) is 1. The molecule has 1 N–H and O–H groups in total. The summed E-state index contributed by atoms with van der Waals surface area (Å²) in [5.74, 6) is 0.347. The van der Waals surface area contributed by atoms with Crippen molar-refractivity contribution >= 4 is 46.0 Å². The van der Waals surface area contributed by atoms with E-state index in [4.69, 9.17) is 14.9 Å². The first-order valence-electron chi connectivity index (χ1n) is 8.93. The minimum Gasteiger partial charge on any atom is -0.493 e. The number of nitrogens with zero attached hydrogens (tertiary/aromatic N) is 4. The molecular weight excluding hydrogens is 422 g/mol. The van der Waals surface area contributed by atoms with Crippen LogP contribution in [0.3, 0.4) is 0 Å². The second-order valence-corrected chi connectivity index (χ2v) is 7.19. The number of fused-ring (bicyclic) bond motifs is 1. The highest BCUT2D eigenvalue weighted by Crippen LogP contribution is 2.31. The van der Waals surface area contributed by atoms with Crippen LogP contribution in [0.2, 0.25) is 0 Å². The van der Waals surface area contributed by atoms with Crippen LogP contribution in [-0.2, 0) is 11.4 Å². The number of methoxy groups -OCH3 is 1. The van der Waals surface area contributed by atoms with E-state index in [9.17, 15) is 14.9 Å². The Bertz CT molecular complexity index is 1170. The Morgan fingerprint density at radius 2 is 2.00 bits per heavy atom. The van der Waals surface area contributed by atoms with Gasteiger partial charge in [0.05, 0.1) is 23.2 Å². The van der Waals surface area contributed by atoms with Crippen molar-refractivity contribution in [1.82, 2.24) is 5.01 Å². The molecule has 0 bridgehead atoms. The molecule has 0 saturated carbocycles. The number of amides is 1. The van der Waals surface area contributed by atoms with Crippen LogP contribution >= 0.6 is 11.8 Å². The minimum atomic E-state index is -0.508. The van der Waals surface area contributed by atoms with E-state index >= 15 is 0 Å². The molecule has 0 unspecified atom stereocenters. The fraction of sp³-hybridized carbons (Fsp3) is 0.100. The van der Waals surface area contributed by atoms with E-state index in [1.807, 2.05) is 0 Å². The number of non-ortho nitro benzene ring substituents is 1. The first-order valence-corrected chi connectivity index (χ1v) is 9.81. The monoisotopic (exact) mass is 437 g/mol. The van der Waals surface area contributed by atoms with Crippen molar-refractivity contribution in [2.75, 3.05) is 7.11 Å². The maximum absolute atomic E-state index is 12.3. The molecule has 2 aromatic carbocycles. The topological polar surface area (TPSA) is 130 Å². The first-order chi connectivity index (χ1) is 15.0. The SMILES string of the molecule is COc1cc(/C=C2/C(=N)N3N=CSC3=NC2=O)ccc1OCc1ccc([N+](=O)[O-])cc1. The summed E-state index contributed by atoms with van der Waals surface area (Å²) in [6, 6.07) is 11.2. The van der Waals surface area contributed by atoms with E-state index < -0.39 is 10.8 Å². The third-order valence-electron chi connectivity index (χ3n) is 4.44. The number of thioether (sulfide) groups is 1. The highest BCUT2D eigenvalue weighted by atomic mass is 32.2. The van der Waals surface area contributed by atoms with Crippen LogP contribution in [0.5, 0.6) is 11.5 Å². The molecule has 4 rings (SSSR count). The van der Waals surface area contributed by atoms with Crippen LogP contribution in [0.25, 0.3) is 6.08 Å². The molecule has 156 valence electrons. The lowest BCUT2D eigenvalue weighted by Crippen LogP contribution is -2.35. The lowest BCUT2D eigenvalue weighted by molar-refractivity contribution is -0.384. The van der Waals surface area contributed by atoms with E-state index in [0.29, 0.717) is 22.2 Å². The van der Waals surface area contributed by atoms with Crippen LogP contribution in [-0.4, -0.2) is 39.5 Å². The van der Waals surface area contributed by atoms with Gasteiger partial charge in [-0.25, -0.2) is 0 Å². The summed E-state index contributed by atoms with van der Waals surface area (Å²) >= 11 is 1.18. The zero-order chi connectivity index (χ0) is 22.0. The second kappa shape index (κ2) is 8.40. The summed E-state index contributed by atoms with van der Waals surface area (Å²) in [4.78, 5) is 26.5. The van der Waals surface area contributed by atoms with Gasteiger partial charge in [0.1, 0.15) is 6.61 Å². The van der Waals surface area contributed by atoms with E-state index in [2.05, 4.69) is 10.1 Å². The fourth-order valence-corrected chi connectivity index (χ4v) is 3.48. The van der Waals surface area contributed by atoms with E-state index in [1.54, 1.807) is 36.4 Å². The number of carbonyl (C=O) groups excluding carboxylic acids is 1. The number of benzene rings is 2. The third kappa shape index (κ3) is 4.16. The molecule has 1 amide bonds. The molecule has 2 aromatic rings. The average Bonchev–Trinajstić information content (AvgIpc) is 3.24. The zero-order valence-electron chi connectivity index (χ0n) is 16.1.